The fraction of sp³-hybridized carbons (Fsp3) is 0.250. The molecule has 27 heavy (non-hydrogen) atoms. The molecule has 4 heterocycles. The molecule has 1 aliphatic rings. The van der Waals surface area contributed by atoms with Gasteiger partial charge in [-0.1, -0.05) is 0 Å². The van der Waals surface area contributed by atoms with Crippen LogP contribution < -0.4 is 5.56 Å². The standard InChI is InChI=1S/C20H18N4O2S/c1-11-6-14-12(7-13(11)20(26)24-4-2-3-5-24)8-15(21-14)18-19(25)23-17-10-27-9-16(17)22-18/h6-10,21H,2-5H2,1H3,(H,23,25). The summed E-state index contributed by atoms with van der Waals surface area (Å²) in [4.78, 5) is 37.8. The summed E-state index contributed by atoms with van der Waals surface area (Å²) in [6, 6.07) is 5.79. The molecular formula is C20H18N4O2S. The predicted molar refractivity (Wildman–Crippen MR) is 107 cm³/mol. The number of nitrogens with one attached hydrogen (secondary N) is 2. The van der Waals surface area contributed by atoms with Gasteiger partial charge >= 0.3 is 0 Å². The Morgan fingerprint density at radius 2 is 1.93 bits per heavy atom. The Labute approximate surface area is 158 Å². The van der Waals surface area contributed by atoms with Crippen molar-refractivity contribution in [3.8, 4) is 11.4 Å². The predicted octanol–water partition coefficient (Wildman–Crippen LogP) is 3.68. The third-order valence-corrected chi connectivity index (χ3v) is 5.91. The topological polar surface area (TPSA) is 81.8 Å². The van der Waals surface area contributed by atoms with Gasteiger partial charge in [-0.2, -0.15) is 0 Å². The number of aromatic amines is 2. The van der Waals surface area contributed by atoms with Crippen molar-refractivity contribution >= 4 is 39.2 Å². The van der Waals surface area contributed by atoms with Crippen LogP contribution in [0.3, 0.4) is 0 Å². The molecular weight excluding hydrogens is 360 g/mol. The molecule has 1 saturated heterocycles. The van der Waals surface area contributed by atoms with Crippen LogP contribution in [0.25, 0.3) is 33.3 Å². The molecule has 1 aliphatic heterocycles. The minimum absolute atomic E-state index is 0.0883. The number of aryl methyl sites for hydroxylation is 1. The maximum atomic E-state index is 12.8. The number of nitrogens with zero attached hydrogens (tertiary/aromatic N) is 2. The number of hydrogen-bond donors (Lipinski definition) is 2. The first kappa shape index (κ1) is 16.3. The molecule has 136 valence electrons. The fourth-order valence-electron chi connectivity index (χ4n) is 3.74. The Hall–Kier alpha value is -2.93. The Kier molecular flexibility index (Phi) is 3.65. The van der Waals surface area contributed by atoms with E-state index in [1.807, 2.05) is 40.8 Å². The summed E-state index contributed by atoms with van der Waals surface area (Å²) in [6.07, 6.45) is 2.14. The Bertz CT molecular complexity index is 1240. The molecule has 0 aliphatic carbocycles. The minimum atomic E-state index is -0.224. The van der Waals surface area contributed by atoms with Gasteiger partial charge in [0.15, 0.2) is 5.69 Å². The van der Waals surface area contributed by atoms with E-state index in [-0.39, 0.29) is 11.5 Å². The van der Waals surface area contributed by atoms with Crippen molar-refractivity contribution in [3.63, 3.8) is 0 Å². The molecule has 5 rings (SSSR count). The van der Waals surface area contributed by atoms with E-state index in [1.54, 1.807) is 0 Å². The van der Waals surface area contributed by atoms with Crippen molar-refractivity contribution in [2.75, 3.05) is 13.1 Å². The van der Waals surface area contributed by atoms with Gasteiger partial charge in [0.1, 0.15) is 0 Å². The lowest BCUT2D eigenvalue weighted by molar-refractivity contribution is 0.0792. The average Bonchev–Trinajstić information content (AvgIpc) is 3.39. The first-order valence-corrected chi connectivity index (χ1v) is 9.94. The largest absolute Gasteiger partial charge is 0.353 e. The molecule has 0 radical (unpaired) electrons. The molecule has 0 saturated carbocycles. The Morgan fingerprint density at radius 1 is 1.11 bits per heavy atom. The lowest BCUT2D eigenvalue weighted by atomic mass is 10.0. The number of aromatic nitrogens is 3. The SMILES string of the molecule is Cc1cc2[nH]c(-c3nc4cscc4[nH]c3=O)cc2cc1C(=O)N1CCCC1. The molecule has 2 N–H and O–H groups in total. The maximum absolute atomic E-state index is 12.8. The summed E-state index contributed by atoms with van der Waals surface area (Å²) in [5, 5.41) is 4.69. The van der Waals surface area contributed by atoms with Crippen molar-refractivity contribution in [3.05, 3.63) is 50.4 Å². The van der Waals surface area contributed by atoms with Crippen LogP contribution in [0, 0.1) is 6.92 Å². The van der Waals surface area contributed by atoms with Crippen molar-refractivity contribution in [2.45, 2.75) is 19.8 Å². The second-order valence-corrected chi connectivity index (χ2v) is 7.77. The van der Waals surface area contributed by atoms with E-state index in [4.69, 9.17) is 0 Å². The van der Waals surface area contributed by atoms with E-state index in [9.17, 15) is 9.59 Å². The fourth-order valence-corrected chi connectivity index (χ4v) is 4.44. The number of carbonyl (C=O) groups is 1. The molecule has 3 aromatic heterocycles. The molecule has 0 bridgehead atoms. The highest BCUT2D eigenvalue weighted by molar-refractivity contribution is 7.09. The van der Waals surface area contributed by atoms with Gasteiger partial charge in [-0.05, 0) is 43.5 Å². The third kappa shape index (κ3) is 2.66. The first-order chi connectivity index (χ1) is 13.1. The van der Waals surface area contributed by atoms with Crippen LogP contribution in [0.4, 0.5) is 0 Å². The summed E-state index contributed by atoms with van der Waals surface area (Å²) >= 11 is 1.50. The van der Waals surface area contributed by atoms with E-state index in [0.717, 1.165) is 59.0 Å². The van der Waals surface area contributed by atoms with Crippen molar-refractivity contribution in [1.29, 1.82) is 0 Å². The van der Waals surface area contributed by atoms with Crippen LogP contribution in [0.2, 0.25) is 0 Å². The van der Waals surface area contributed by atoms with Crippen molar-refractivity contribution in [1.82, 2.24) is 19.9 Å². The number of amides is 1. The third-order valence-electron chi connectivity index (χ3n) is 5.18. The average molecular weight is 378 g/mol. The molecule has 0 atom stereocenters. The zero-order chi connectivity index (χ0) is 18.5. The number of H-pyrrole nitrogens is 2. The van der Waals surface area contributed by atoms with E-state index in [2.05, 4.69) is 15.0 Å². The Morgan fingerprint density at radius 3 is 2.74 bits per heavy atom. The molecule has 7 heteroatoms. The van der Waals surface area contributed by atoms with E-state index < -0.39 is 0 Å². The van der Waals surface area contributed by atoms with Crippen LogP contribution in [0.5, 0.6) is 0 Å². The zero-order valence-electron chi connectivity index (χ0n) is 14.8. The van der Waals surface area contributed by atoms with Gasteiger partial charge < -0.3 is 14.9 Å². The monoisotopic (exact) mass is 378 g/mol. The number of fused-ring (bicyclic) bond motifs is 2. The van der Waals surface area contributed by atoms with Crippen molar-refractivity contribution in [2.24, 2.45) is 0 Å². The molecule has 1 amide bonds. The second kappa shape index (κ2) is 6.06. The summed E-state index contributed by atoms with van der Waals surface area (Å²) in [5.41, 5.74) is 4.87. The van der Waals surface area contributed by atoms with E-state index in [1.165, 1.54) is 11.3 Å². The number of benzene rings is 1. The normalized spacial score (nSPS) is 14.5. The minimum Gasteiger partial charge on any atom is -0.353 e. The van der Waals surface area contributed by atoms with Crippen LogP contribution >= 0.6 is 11.3 Å². The van der Waals surface area contributed by atoms with E-state index >= 15 is 0 Å². The van der Waals surface area contributed by atoms with Gasteiger partial charge in [0.2, 0.25) is 0 Å². The van der Waals surface area contributed by atoms with Crippen LogP contribution in [0.15, 0.2) is 33.8 Å². The van der Waals surface area contributed by atoms with Gasteiger partial charge in [-0.3, -0.25) is 9.59 Å². The molecule has 6 nitrogen and oxygen atoms in total. The highest BCUT2D eigenvalue weighted by Crippen LogP contribution is 2.26. The van der Waals surface area contributed by atoms with Gasteiger partial charge in [0.25, 0.3) is 11.5 Å². The van der Waals surface area contributed by atoms with Crippen LogP contribution in [0.1, 0.15) is 28.8 Å². The van der Waals surface area contributed by atoms with Gasteiger partial charge in [0, 0.05) is 40.3 Å². The molecule has 0 unspecified atom stereocenters. The molecule has 4 aromatic rings. The zero-order valence-corrected chi connectivity index (χ0v) is 15.7. The molecule has 1 fully saturated rings. The maximum Gasteiger partial charge on any atom is 0.276 e. The lowest BCUT2D eigenvalue weighted by Gasteiger charge is -2.16. The quantitative estimate of drug-likeness (QED) is 0.558. The summed E-state index contributed by atoms with van der Waals surface area (Å²) in [5.74, 6) is 0.0883. The summed E-state index contributed by atoms with van der Waals surface area (Å²) < 4.78 is 0. The van der Waals surface area contributed by atoms with Crippen molar-refractivity contribution < 1.29 is 4.79 Å². The highest BCUT2D eigenvalue weighted by Gasteiger charge is 2.22. The number of likely N-dealkylation sites (tertiary alicyclic amines) is 1. The van der Waals surface area contributed by atoms with E-state index in [0.29, 0.717) is 11.4 Å². The number of thiophene rings is 1. The summed E-state index contributed by atoms with van der Waals surface area (Å²) in [7, 11) is 0. The van der Waals surface area contributed by atoms with Gasteiger partial charge in [-0.25, -0.2) is 4.98 Å². The van der Waals surface area contributed by atoms with Crippen LogP contribution in [-0.4, -0.2) is 38.8 Å². The second-order valence-electron chi connectivity index (χ2n) is 7.02. The molecule has 0 spiro atoms. The number of carbonyl (C=O) groups excluding carboxylic acids is 1. The number of hydrogen-bond acceptors (Lipinski definition) is 4. The lowest BCUT2D eigenvalue weighted by Crippen LogP contribution is -2.28. The van der Waals surface area contributed by atoms with Crippen LogP contribution in [-0.2, 0) is 0 Å². The number of rotatable bonds is 2. The Balaban J connectivity index is 1.61. The van der Waals surface area contributed by atoms with Gasteiger partial charge in [0.05, 0.1) is 16.7 Å². The van der Waals surface area contributed by atoms with Gasteiger partial charge in [-0.15, -0.1) is 11.3 Å². The smallest absolute Gasteiger partial charge is 0.276 e. The molecule has 1 aromatic carbocycles. The summed E-state index contributed by atoms with van der Waals surface area (Å²) in [6.45, 7) is 3.61. The highest BCUT2D eigenvalue weighted by atomic mass is 32.1. The first-order valence-electron chi connectivity index (χ1n) is 8.99.